The molecule has 1 rings (SSSR count). The molecule has 18 heavy (non-hydrogen) atoms. The predicted molar refractivity (Wildman–Crippen MR) is 77.9 cm³/mol. The number of likely N-dealkylation sites (N-methyl/N-ethyl adjacent to an activating group) is 1. The van der Waals surface area contributed by atoms with E-state index in [1.807, 2.05) is 18.8 Å². The minimum atomic E-state index is 0.264. The van der Waals surface area contributed by atoms with Crippen molar-refractivity contribution in [1.82, 2.24) is 15.1 Å². The highest BCUT2D eigenvalue weighted by atomic mass is 79.9. The first kappa shape index (κ1) is 15.7. The van der Waals surface area contributed by atoms with Crippen LogP contribution in [0.5, 0.6) is 0 Å². The molecule has 1 aromatic heterocycles. The summed E-state index contributed by atoms with van der Waals surface area (Å²) in [6, 6.07) is 0.399. The number of aromatic nitrogens is 2. The van der Waals surface area contributed by atoms with Crippen molar-refractivity contribution in [1.29, 1.82) is 0 Å². The standard InChI is InChI=1S/C13H24BrN3O/c1-6-11-13(14)12(17(4)16-11)8-10(15-3)7-9(2)18-5/h9-10,15H,6-8H2,1-5H3. The van der Waals surface area contributed by atoms with Crippen LogP contribution in [0.1, 0.15) is 31.7 Å². The number of hydrogen-bond donors (Lipinski definition) is 1. The Morgan fingerprint density at radius 2 is 2.17 bits per heavy atom. The largest absolute Gasteiger partial charge is 0.382 e. The minimum absolute atomic E-state index is 0.264. The van der Waals surface area contributed by atoms with Crippen LogP contribution < -0.4 is 5.32 Å². The van der Waals surface area contributed by atoms with Crippen LogP contribution in [-0.2, 0) is 24.6 Å². The Morgan fingerprint density at radius 3 is 2.61 bits per heavy atom. The Balaban J connectivity index is 2.78. The van der Waals surface area contributed by atoms with Gasteiger partial charge in [0.25, 0.3) is 0 Å². The van der Waals surface area contributed by atoms with Crippen LogP contribution in [0.2, 0.25) is 0 Å². The molecular weight excluding hydrogens is 294 g/mol. The SMILES string of the molecule is CCc1nn(C)c(CC(CC(C)OC)NC)c1Br. The van der Waals surface area contributed by atoms with E-state index in [2.05, 4.69) is 40.2 Å². The Bertz CT molecular complexity index is 379. The fourth-order valence-electron chi connectivity index (χ4n) is 2.08. The minimum Gasteiger partial charge on any atom is -0.382 e. The fraction of sp³-hybridized carbons (Fsp3) is 0.769. The summed E-state index contributed by atoms with van der Waals surface area (Å²) in [6.45, 7) is 4.22. The first-order valence-corrected chi connectivity index (χ1v) is 7.23. The summed E-state index contributed by atoms with van der Waals surface area (Å²) in [4.78, 5) is 0. The van der Waals surface area contributed by atoms with Gasteiger partial charge >= 0.3 is 0 Å². The Kier molecular flexibility index (Phi) is 6.32. The monoisotopic (exact) mass is 317 g/mol. The molecule has 1 heterocycles. The lowest BCUT2D eigenvalue weighted by Gasteiger charge is -2.20. The van der Waals surface area contributed by atoms with Crippen LogP contribution >= 0.6 is 15.9 Å². The highest BCUT2D eigenvalue weighted by Crippen LogP contribution is 2.23. The number of rotatable bonds is 7. The summed E-state index contributed by atoms with van der Waals surface area (Å²) >= 11 is 3.66. The summed E-state index contributed by atoms with van der Waals surface area (Å²) in [5.74, 6) is 0. The number of nitrogens with one attached hydrogen (secondary N) is 1. The molecule has 0 aliphatic heterocycles. The van der Waals surface area contributed by atoms with Crippen molar-refractivity contribution in [3.63, 3.8) is 0 Å². The second-order valence-electron chi connectivity index (χ2n) is 4.66. The van der Waals surface area contributed by atoms with Gasteiger partial charge in [-0.05, 0) is 42.7 Å². The maximum absolute atomic E-state index is 5.33. The zero-order valence-corrected chi connectivity index (χ0v) is 13.5. The summed E-state index contributed by atoms with van der Waals surface area (Å²) < 4.78 is 8.46. The number of methoxy groups -OCH3 is 1. The molecule has 1 aromatic rings. The maximum Gasteiger partial charge on any atom is 0.0766 e. The van der Waals surface area contributed by atoms with E-state index in [1.54, 1.807) is 7.11 Å². The summed E-state index contributed by atoms with van der Waals surface area (Å²) in [5, 5.41) is 7.88. The Morgan fingerprint density at radius 1 is 1.50 bits per heavy atom. The van der Waals surface area contributed by atoms with E-state index in [1.165, 1.54) is 5.69 Å². The van der Waals surface area contributed by atoms with E-state index < -0.39 is 0 Å². The Hall–Kier alpha value is -0.390. The van der Waals surface area contributed by atoms with Crippen molar-refractivity contribution in [2.45, 2.75) is 45.3 Å². The number of ether oxygens (including phenoxy) is 1. The lowest BCUT2D eigenvalue weighted by molar-refractivity contribution is 0.101. The summed E-state index contributed by atoms with van der Waals surface area (Å²) in [6.07, 6.45) is 3.16. The molecule has 5 heteroatoms. The van der Waals surface area contributed by atoms with Crippen LogP contribution in [0.25, 0.3) is 0 Å². The van der Waals surface area contributed by atoms with E-state index in [0.717, 1.165) is 29.4 Å². The van der Waals surface area contributed by atoms with Gasteiger partial charge in [-0.25, -0.2) is 0 Å². The molecule has 0 bridgehead atoms. The second kappa shape index (κ2) is 7.26. The van der Waals surface area contributed by atoms with Gasteiger partial charge in [-0.15, -0.1) is 0 Å². The predicted octanol–water partition coefficient (Wildman–Crippen LogP) is 2.30. The van der Waals surface area contributed by atoms with Crippen LogP contribution in [0, 0.1) is 0 Å². The third-order valence-electron chi connectivity index (χ3n) is 3.37. The van der Waals surface area contributed by atoms with E-state index in [0.29, 0.717) is 6.04 Å². The van der Waals surface area contributed by atoms with E-state index in [4.69, 9.17) is 4.74 Å². The molecule has 4 nitrogen and oxygen atoms in total. The molecule has 0 amide bonds. The highest BCUT2D eigenvalue weighted by Gasteiger charge is 2.18. The molecule has 0 radical (unpaired) electrons. The van der Waals surface area contributed by atoms with Gasteiger partial charge in [-0.3, -0.25) is 4.68 Å². The molecule has 0 aromatic carbocycles. The molecule has 1 N–H and O–H groups in total. The molecule has 0 saturated carbocycles. The van der Waals surface area contributed by atoms with Crippen molar-refractivity contribution in [2.24, 2.45) is 7.05 Å². The number of nitrogens with zero attached hydrogens (tertiary/aromatic N) is 2. The van der Waals surface area contributed by atoms with Crippen LogP contribution in [0.15, 0.2) is 4.47 Å². The van der Waals surface area contributed by atoms with Crippen LogP contribution in [0.4, 0.5) is 0 Å². The lowest BCUT2D eigenvalue weighted by atomic mass is 10.0. The first-order valence-electron chi connectivity index (χ1n) is 6.43. The van der Waals surface area contributed by atoms with Gasteiger partial charge in [0.05, 0.1) is 22.0 Å². The summed E-state index contributed by atoms with van der Waals surface area (Å²) in [7, 11) is 5.76. The van der Waals surface area contributed by atoms with Gasteiger partial charge in [-0.1, -0.05) is 6.92 Å². The topological polar surface area (TPSA) is 39.1 Å². The number of halogens is 1. The van der Waals surface area contributed by atoms with Gasteiger partial charge in [0.1, 0.15) is 0 Å². The molecule has 104 valence electrons. The third-order valence-corrected chi connectivity index (χ3v) is 4.29. The third kappa shape index (κ3) is 3.80. The van der Waals surface area contributed by atoms with Gasteiger partial charge in [0, 0.05) is 26.6 Å². The van der Waals surface area contributed by atoms with E-state index >= 15 is 0 Å². The number of aryl methyl sites for hydroxylation is 2. The highest BCUT2D eigenvalue weighted by molar-refractivity contribution is 9.10. The van der Waals surface area contributed by atoms with Crippen molar-refractivity contribution in [3.8, 4) is 0 Å². The smallest absolute Gasteiger partial charge is 0.0766 e. The quantitative estimate of drug-likeness (QED) is 0.838. The molecule has 2 atom stereocenters. The normalized spacial score (nSPS) is 14.8. The lowest BCUT2D eigenvalue weighted by Crippen LogP contribution is -2.32. The van der Waals surface area contributed by atoms with Crippen molar-refractivity contribution < 1.29 is 4.74 Å². The van der Waals surface area contributed by atoms with Gasteiger partial charge in [-0.2, -0.15) is 5.10 Å². The van der Waals surface area contributed by atoms with Crippen molar-refractivity contribution in [3.05, 3.63) is 15.9 Å². The fourth-order valence-corrected chi connectivity index (χ4v) is 2.85. The van der Waals surface area contributed by atoms with Gasteiger partial charge in [0.2, 0.25) is 0 Å². The maximum atomic E-state index is 5.33. The molecule has 0 aliphatic carbocycles. The Labute approximate surface area is 118 Å². The van der Waals surface area contributed by atoms with E-state index in [9.17, 15) is 0 Å². The molecule has 0 spiro atoms. The molecule has 0 aliphatic rings. The second-order valence-corrected chi connectivity index (χ2v) is 5.45. The van der Waals surface area contributed by atoms with Crippen LogP contribution in [-0.4, -0.2) is 36.1 Å². The van der Waals surface area contributed by atoms with Gasteiger partial charge in [0.15, 0.2) is 0 Å². The molecule has 2 unspecified atom stereocenters. The summed E-state index contributed by atoms with van der Waals surface area (Å²) in [5.41, 5.74) is 2.37. The zero-order valence-electron chi connectivity index (χ0n) is 12.0. The number of hydrogen-bond acceptors (Lipinski definition) is 3. The molecular formula is C13H24BrN3O. The van der Waals surface area contributed by atoms with Crippen LogP contribution in [0.3, 0.4) is 0 Å². The molecule has 0 fully saturated rings. The zero-order chi connectivity index (χ0) is 13.7. The van der Waals surface area contributed by atoms with E-state index in [-0.39, 0.29) is 6.10 Å². The van der Waals surface area contributed by atoms with Crippen molar-refractivity contribution >= 4 is 15.9 Å². The average molecular weight is 318 g/mol. The van der Waals surface area contributed by atoms with Crippen molar-refractivity contribution in [2.75, 3.05) is 14.2 Å². The first-order chi connectivity index (χ1) is 8.53. The molecule has 0 saturated heterocycles. The van der Waals surface area contributed by atoms with Gasteiger partial charge < -0.3 is 10.1 Å². The average Bonchev–Trinajstić information content (AvgIpc) is 2.64.